The molecule has 3 heteroatoms. The van der Waals surface area contributed by atoms with Crippen molar-refractivity contribution >= 4 is 5.78 Å². The Morgan fingerprint density at radius 2 is 1.87 bits per heavy atom. The number of hydrogen-bond acceptors (Lipinski definition) is 3. The van der Waals surface area contributed by atoms with Gasteiger partial charge in [-0.05, 0) is 37.5 Å². The highest BCUT2D eigenvalue weighted by Crippen LogP contribution is 2.24. The zero-order valence-corrected chi connectivity index (χ0v) is 9.46. The minimum atomic E-state index is 0.0247. The van der Waals surface area contributed by atoms with Crippen molar-refractivity contribution in [3.05, 3.63) is 28.8 Å². The Labute approximate surface area is 90.2 Å². The van der Waals surface area contributed by atoms with Crippen LogP contribution in [0.4, 0.5) is 0 Å². The molecule has 0 heterocycles. The van der Waals surface area contributed by atoms with E-state index in [4.69, 9.17) is 10.5 Å². The second-order valence-electron chi connectivity index (χ2n) is 3.75. The van der Waals surface area contributed by atoms with Crippen molar-refractivity contribution < 1.29 is 9.53 Å². The zero-order valence-electron chi connectivity index (χ0n) is 9.46. The van der Waals surface area contributed by atoms with Crippen molar-refractivity contribution in [1.82, 2.24) is 0 Å². The van der Waals surface area contributed by atoms with E-state index in [0.717, 1.165) is 22.4 Å². The standard InChI is InChI=1S/C12H17NO2/c1-8-4-11(6-13)5-9(2)12(8)15-7-10(3)14/h4-5H,6-7,13H2,1-3H3. The molecule has 0 radical (unpaired) electrons. The lowest BCUT2D eigenvalue weighted by Crippen LogP contribution is -2.09. The Balaban J connectivity index is 2.92. The molecule has 1 rings (SSSR count). The number of rotatable bonds is 4. The molecule has 0 saturated heterocycles. The first kappa shape index (κ1) is 11.7. The van der Waals surface area contributed by atoms with Gasteiger partial charge in [0, 0.05) is 6.54 Å². The summed E-state index contributed by atoms with van der Waals surface area (Å²) in [5.41, 5.74) is 8.70. The molecule has 0 saturated carbocycles. The molecule has 0 atom stereocenters. The van der Waals surface area contributed by atoms with Gasteiger partial charge >= 0.3 is 0 Å². The summed E-state index contributed by atoms with van der Waals surface area (Å²) in [5, 5.41) is 0. The fraction of sp³-hybridized carbons (Fsp3) is 0.417. The number of ketones is 1. The number of aryl methyl sites for hydroxylation is 2. The number of nitrogens with two attached hydrogens (primary N) is 1. The molecule has 0 fully saturated rings. The van der Waals surface area contributed by atoms with Crippen LogP contribution in [0.3, 0.4) is 0 Å². The van der Waals surface area contributed by atoms with Crippen LogP contribution in [0.25, 0.3) is 0 Å². The third kappa shape index (κ3) is 3.06. The first-order chi connectivity index (χ1) is 7.04. The predicted molar refractivity (Wildman–Crippen MR) is 60.0 cm³/mol. The van der Waals surface area contributed by atoms with Crippen molar-refractivity contribution in [2.75, 3.05) is 6.61 Å². The SMILES string of the molecule is CC(=O)COc1c(C)cc(CN)cc1C. The van der Waals surface area contributed by atoms with Gasteiger partial charge in [0.25, 0.3) is 0 Å². The maximum atomic E-state index is 10.8. The first-order valence-corrected chi connectivity index (χ1v) is 4.97. The number of carbonyl (C=O) groups excluding carboxylic acids is 1. The van der Waals surface area contributed by atoms with Crippen LogP contribution in [0.15, 0.2) is 12.1 Å². The van der Waals surface area contributed by atoms with Crippen LogP contribution in [0.5, 0.6) is 5.75 Å². The molecule has 1 aromatic rings. The number of benzene rings is 1. The van der Waals surface area contributed by atoms with Gasteiger partial charge in [0.2, 0.25) is 0 Å². The highest BCUT2D eigenvalue weighted by atomic mass is 16.5. The minimum Gasteiger partial charge on any atom is -0.485 e. The second kappa shape index (κ2) is 4.94. The second-order valence-corrected chi connectivity index (χ2v) is 3.75. The minimum absolute atomic E-state index is 0.0247. The van der Waals surface area contributed by atoms with Crippen molar-refractivity contribution in [2.45, 2.75) is 27.3 Å². The van der Waals surface area contributed by atoms with Gasteiger partial charge in [0.1, 0.15) is 12.4 Å². The number of ether oxygens (including phenoxy) is 1. The summed E-state index contributed by atoms with van der Waals surface area (Å²) in [4.78, 5) is 10.8. The maximum Gasteiger partial charge on any atom is 0.167 e. The summed E-state index contributed by atoms with van der Waals surface area (Å²) < 4.78 is 5.44. The summed E-state index contributed by atoms with van der Waals surface area (Å²) in [6.07, 6.45) is 0. The lowest BCUT2D eigenvalue weighted by atomic mass is 10.1. The quantitative estimate of drug-likeness (QED) is 0.818. The monoisotopic (exact) mass is 207 g/mol. The molecule has 82 valence electrons. The summed E-state index contributed by atoms with van der Waals surface area (Å²) in [7, 11) is 0. The third-order valence-corrected chi connectivity index (χ3v) is 2.18. The lowest BCUT2D eigenvalue weighted by Gasteiger charge is -2.12. The molecule has 0 aliphatic carbocycles. The molecule has 0 spiro atoms. The van der Waals surface area contributed by atoms with E-state index < -0.39 is 0 Å². The van der Waals surface area contributed by atoms with Crippen LogP contribution in [-0.2, 0) is 11.3 Å². The highest BCUT2D eigenvalue weighted by Gasteiger charge is 2.06. The van der Waals surface area contributed by atoms with E-state index in [2.05, 4.69) is 0 Å². The topological polar surface area (TPSA) is 52.3 Å². The Morgan fingerprint density at radius 3 is 2.27 bits per heavy atom. The van der Waals surface area contributed by atoms with Crippen LogP contribution < -0.4 is 10.5 Å². The normalized spacial score (nSPS) is 10.1. The van der Waals surface area contributed by atoms with Crippen LogP contribution in [0.1, 0.15) is 23.6 Å². The molecule has 0 unspecified atom stereocenters. The Hall–Kier alpha value is -1.35. The van der Waals surface area contributed by atoms with Crippen LogP contribution in [-0.4, -0.2) is 12.4 Å². The Kier molecular flexibility index (Phi) is 3.86. The van der Waals surface area contributed by atoms with Gasteiger partial charge in [-0.1, -0.05) is 12.1 Å². The van der Waals surface area contributed by atoms with Crippen LogP contribution in [0.2, 0.25) is 0 Å². The molecule has 0 amide bonds. The zero-order chi connectivity index (χ0) is 11.4. The van der Waals surface area contributed by atoms with E-state index in [1.807, 2.05) is 26.0 Å². The molecule has 1 aromatic carbocycles. The van der Waals surface area contributed by atoms with Gasteiger partial charge in [-0.15, -0.1) is 0 Å². The molecule has 0 aliphatic rings. The summed E-state index contributed by atoms with van der Waals surface area (Å²) in [5.74, 6) is 0.819. The highest BCUT2D eigenvalue weighted by molar-refractivity contribution is 5.77. The van der Waals surface area contributed by atoms with E-state index in [0.29, 0.717) is 6.54 Å². The summed E-state index contributed by atoms with van der Waals surface area (Å²) >= 11 is 0. The Bertz CT molecular complexity index is 349. The fourth-order valence-electron chi connectivity index (χ4n) is 1.56. The molecule has 2 N–H and O–H groups in total. The molecule has 0 bridgehead atoms. The van der Waals surface area contributed by atoms with Crippen molar-refractivity contribution in [2.24, 2.45) is 5.73 Å². The van der Waals surface area contributed by atoms with E-state index in [9.17, 15) is 4.79 Å². The van der Waals surface area contributed by atoms with E-state index in [1.165, 1.54) is 6.92 Å². The molecule has 0 aliphatic heterocycles. The van der Waals surface area contributed by atoms with Gasteiger partial charge in [-0.2, -0.15) is 0 Å². The average molecular weight is 207 g/mol. The van der Waals surface area contributed by atoms with Crippen molar-refractivity contribution in [3.63, 3.8) is 0 Å². The molecule has 0 aromatic heterocycles. The smallest absolute Gasteiger partial charge is 0.167 e. The third-order valence-electron chi connectivity index (χ3n) is 2.18. The number of hydrogen-bond donors (Lipinski definition) is 1. The van der Waals surface area contributed by atoms with Gasteiger partial charge in [-0.3, -0.25) is 4.79 Å². The molecule has 3 nitrogen and oxygen atoms in total. The molecular weight excluding hydrogens is 190 g/mol. The van der Waals surface area contributed by atoms with Crippen molar-refractivity contribution in [3.8, 4) is 5.75 Å². The van der Waals surface area contributed by atoms with Gasteiger partial charge in [0.05, 0.1) is 0 Å². The average Bonchev–Trinajstić information content (AvgIpc) is 2.15. The lowest BCUT2D eigenvalue weighted by molar-refractivity contribution is -0.118. The van der Waals surface area contributed by atoms with Gasteiger partial charge < -0.3 is 10.5 Å². The van der Waals surface area contributed by atoms with Crippen molar-refractivity contribution in [1.29, 1.82) is 0 Å². The van der Waals surface area contributed by atoms with Gasteiger partial charge in [-0.25, -0.2) is 0 Å². The largest absolute Gasteiger partial charge is 0.485 e. The number of carbonyl (C=O) groups is 1. The van der Waals surface area contributed by atoms with E-state index in [-0.39, 0.29) is 12.4 Å². The summed E-state index contributed by atoms with van der Waals surface area (Å²) in [6.45, 7) is 6.08. The van der Waals surface area contributed by atoms with Crippen LogP contribution >= 0.6 is 0 Å². The van der Waals surface area contributed by atoms with E-state index >= 15 is 0 Å². The Morgan fingerprint density at radius 1 is 1.33 bits per heavy atom. The predicted octanol–water partition coefficient (Wildman–Crippen LogP) is 1.73. The van der Waals surface area contributed by atoms with E-state index in [1.54, 1.807) is 0 Å². The van der Waals surface area contributed by atoms with Crippen LogP contribution in [0, 0.1) is 13.8 Å². The van der Waals surface area contributed by atoms with Gasteiger partial charge in [0.15, 0.2) is 5.78 Å². The molecular formula is C12H17NO2. The number of Topliss-reactive ketones (excluding diaryl/α,β-unsaturated/α-hetero) is 1. The first-order valence-electron chi connectivity index (χ1n) is 4.97. The molecule has 15 heavy (non-hydrogen) atoms. The summed E-state index contributed by atoms with van der Waals surface area (Å²) in [6, 6.07) is 3.98. The maximum absolute atomic E-state index is 10.8. The fourth-order valence-corrected chi connectivity index (χ4v) is 1.56.